The highest BCUT2D eigenvalue weighted by molar-refractivity contribution is 6.14. The van der Waals surface area contributed by atoms with Gasteiger partial charge in [0.15, 0.2) is 11.5 Å². The smallest absolute Gasteiger partial charge is 0.291 e. The van der Waals surface area contributed by atoms with Crippen LogP contribution >= 0.6 is 0 Å². The van der Waals surface area contributed by atoms with Gasteiger partial charge < -0.3 is 25.8 Å². The lowest BCUT2D eigenvalue weighted by Crippen LogP contribution is -2.99. The van der Waals surface area contributed by atoms with Crippen molar-refractivity contribution < 1.29 is 34.0 Å². The Hall–Kier alpha value is -3.92. The lowest BCUT2D eigenvalue weighted by molar-refractivity contribution is -0.732. The number of rotatable bonds is 7. The second-order valence-electron chi connectivity index (χ2n) is 10.0. The molecule has 3 heterocycles. The Bertz CT molecular complexity index is 1340. The molecule has 0 aromatic heterocycles. The van der Waals surface area contributed by atoms with Crippen molar-refractivity contribution in [3.05, 3.63) is 52.6 Å². The van der Waals surface area contributed by atoms with Crippen molar-refractivity contribution in [3.63, 3.8) is 0 Å². The number of carbonyl (C=O) groups excluding carboxylic acids is 4. The van der Waals surface area contributed by atoms with Crippen LogP contribution in [0.1, 0.15) is 28.7 Å². The molecule has 5 N–H and O–H groups in total. The van der Waals surface area contributed by atoms with Crippen LogP contribution in [0, 0.1) is 25.7 Å². The monoisotopic (exact) mass is 507 g/mol. The molecule has 37 heavy (non-hydrogen) atoms. The number of nitrogens with one attached hydrogen (secondary N) is 1. The zero-order valence-corrected chi connectivity index (χ0v) is 21.3. The molecule has 4 amide bonds. The third kappa shape index (κ3) is 3.58. The van der Waals surface area contributed by atoms with Crippen molar-refractivity contribution in [2.45, 2.75) is 38.3 Å². The van der Waals surface area contributed by atoms with Crippen LogP contribution < -0.4 is 25.8 Å². The Labute approximate surface area is 214 Å². The SMILES string of the molecule is COc1ccc(CCN2C(=O)[C@H]3[C@@H](C2=O)[C@@]2([NH2+][C@@H]3CC(N)=O)C(=O)Nc3c2ccc(C)c3C)cc1OC. The van der Waals surface area contributed by atoms with Gasteiger partial charge in [-0.1, -0.05) is 12.1 Å². The van der Waals surface area contributed by atoms with Crippen LogP contribution in [-0.2, 0) is 31.1 Å². The van der Waals surface area contributed by atoms with Gasteiger partial charge in [0, 0.05) is 12.1 Å². The van der Waals surface area contributed by atoms with Gasteiger partial charge in [-0.15, -0.1) is 0 Å². The highest BCUT2D eigenvalue weighted by Gasteiger charge is 2.74. The topological polar surface area (TPSA) is 145 Å². The van der Waals surface area contributed by atoms with Crippen molar-refractivity contribution in [2.75, 3.05) is 26.1 Å². The van der Waals surface area contributed by atoms with E-state index in [1.54, 1.807) is 25.6 Å². The molecule has 10 heteroatoms. The summed E-state index contributed by atoms with van der Waals surface area (Å²) in [6, 6.07) is 8.57. The number of imide groups is 1. The number of likely N-dealkylation sites (tertiary alicyclic amines) is 1. The summed E-state index contributed by atoms with van der Waals surface area (Å²) in [5, 5.41) is 4.69. The number of nitrogens with zero attached hydrogens (tertiary/aromatic N) is 1. The minimum absolute atomic E-state index is 0.112. The number of fused-ring (bicyclic) bond motifs is 4. The maximum atomic E-state index is 13.9. The van der Waals surface area contributed by atoms with Crippen molar-refractivity contribution in [1.82, 2.24) is 4.90 Å². The maximum Gasteiger partial charge on any atom is 0.291 e. The largest absolute Gasteiger partial charge is 0.493 e. The van der Waals surface area contributed by atoms with E-state index in [4.69, 9.17) is 15.2 Å². The van der Waals surface area contributed by atoms with Gasteiger partial charge in [0.25, 0.3) is 5.91 Å². The normalized spacial score (nSPS) is 25.9. The summed E-state index contributed by atoms with van der Waals surface area (Å²) in [7, 11) is 3.09. The first-order valence-electron chi connectivity index (χ1n) is 12.3. The number of primary amides is 1. The van der Waals surface area contributed by atoms with E-state index in [0.29, 0.717) is 29.2 Å². The van der Waals surface area contributed by atoms with Gasteiger partial charge in [-0.25, -0.2) is 0 Å². The van der Waals surface area contributed by atoms with E-state index >= 15 is 0 Å². The molecule has 3 aliphatic heterocycles. The number of methoxy groups -OCH3 is 2. The number of benzene rings is 2. The molecule has 0 bridgehead atoms. The second-order valence-corrected chi connectivity index (χ2v) is 10.0. The fourth-order valence-corrected chi connectivity index (χ4v) is 6.26. The molecule has 2 aromatic carbocycles. The molecule has 0 saturated carbocycles. The Morgan fingerprint density at radius 1 is 1.08 bits per heavy atom. The van der Waals surface area contributed by atoms with Crippen molar-refractivity contribution in [1.29, 1.82) is 0 Å². The molecule has 2 aromatic rings. The number of hydrogen-bond donors (Lipinski definition) is 3. The van der Waals surface area contributed by atoms with Crippen LogP contribution in [0.25, 0.3) is 0 Å². The molecule has 4 atom stereocenters. The van der Waals surface area contributed by atoms with Gasteiger partial charge in [-0.05, 0) is 55.2 Å². The molecule has 10 nitrogen and oxygen atoms in total. The Kier molecular flexibility index (Phi) is 5.94. The summed E-state index contributed by atoms with van der Waals surface area (Å²) >= 11 is 0. The lowest BCUT2D eigenvalue weighted by atomic mass is 9.76. The van der Waals surface area contributed by atoms with E-state index < -0.39 is 35.2 Å². The number of aryl methyl sites for hydroxylation is 1. The Morgan fingerprint density at radius 3 is 2.49 bits per heavy atom. The van der Waals surface area contributed by atoms with Crippen molar-refractivity contribution in [2.24, 2.45) is 17.6 Å². The van der Waals surface area contributed by atoms with Crippen LogP contribution in [0.15, 0.2) is 30.3 Å². The van der Waals surface area contributed by atoms with Crippen LogP contribution in [0.3, 0.4) is 0 Å². The minimum atomic E-state index is -1.33. The third-order valence-electron chi connectivity index (χ3n) is 8.18. The summed E-state index contributed by atoms with van der Waals surface area (Å²) < 4.78 is 10.6. The molecule has 3 aliphatic rings. The minimum Gasteiger partial charge on any atom is -0.493 e. The van der Waals surface area contributed by atoms with E-state index in [2.05, 4.69) is 5.32 Å². The van der Waals surface area contributed by atoms with Crippen LogP contribution in [0.2, 0.25) is 0 Å². The van der Waals surface area contributed by atoms with Crippen LogP contribution in [-0.4, -0.2) is 55.3 Å². The standard InChI is InChI=1S/C27H30N4O6/c1-13-5-7-16-23(14(13)2)29-26(35)27(16)22-21(17(30-27)12-20(28)32)24(33)31(25(22)34)10-9-15-6-8-18(36-3)19(11-15)37-4/h5-8,11,17,21-22,30H,9-10,12H2,1-4H3,(H2,28,32)(H,29,35)/p+1/t17-,21-,22+,27-/m1/s1. The molecule has 5 rings (SSSR count). The summed E-state index contributed by atoms with van der Waals surface area (Å²) in [5.41, 5.74) is 8.31. The number of quaternary nitrogens is 1. The predicted octanol–water partition coefficient (Wildman–Crippen LogP) is 0.133. The number of hydrogen-bond acceptors (Lipinski definition) is 6. The van der Waals surface area contributed by atoms with Gasteiger partial charge in [0.2, 0.25) is 23.3 Å². The molecular weight excluding hydrogens is 476 g/mol. The summed E-state index contributed by atoms with van der Waals surface area (Å²) in [6.07, 6.45) is 0.286. The van der Waals surface area contributed by atoms with Gasteiger partial charge in [-0.3, -0.25) is 24.1 Å². The molecule has 0 radical (unpaired) electrons. The van der Waals surface area contributed by atoms with Gasteiger partial charge in [0.1, 0.15) is 17.9 Å². The first-order chi connectivity index (χ1) is 17.6. The molecular formula is C27H31N4O6+. The second kappa shape index (κ2) is 8.88. The Balaban J connectivity index is 1.51. The lowest BCUT2D eigenvalue weighted by Gasteiger charge is -2.26. The number of carbonyl (C=O) groups is 4. The zero-order valence-electron chi connectivity index (χ0n) is 21.3. The predicted molar refractivity (Wildman–Crippen MR) is 133 cm³/mol. The quantitative estimate of drug-likeness (QED) is 0.455. The number of nitrogens with two attached hydrogens (primary N) is 2. The van der Waals surface area contributed by atoms with Gasteiger partial charge >= 0.3 is 0 Å². The fourth-order valence-electron chi connectivity index (χ4n) is 6.26. The molecule has 2 saturated heterocycles. The first kappa shape index (κ1) is 24.8. The maximum absolute atomic E-state index is 13.9. The molecule has 194 valence electrons. The number of amides is 4. The van der Waals surface area contributed by atoms with E-state index in [0.717, 1.165) is 16.7 Å². The Morgan fingerprint density at radius 2 is 1.81 bits per heavy atom. The van der Waals surface area contributed by atoms with E-state index in [1.165, 1.54) is 4.90 Å². The number of ether oxygens (including phenoxy) is 2. The first-order valence-corrected chi connectivity index (χ1v) is 12.3. The van der Waals surface area contributed by atoms with Crippen LogP contribution in [0.4, 0.5) is 5.69 Å². The van der Waals surface area contributed by atoms with E-state index in [9.17, 15) is 19.2 Å². The van der Waals surface area contributed by atoms with Crippen molar-refractivity contribution >= 4 is 29.3 Å². The average Bonchev–Trinajstić information content (AvgIpc) is 3.44. The molecule has 0 aliphatic carbocycles. The summed E-state index contributed by atoms with van der Waals surface area (Å²) in [5.74, 6) is -2.34. The van der Waals surface area contributed by atoms with E-state index in [1.807, 2.05) is 38.1 Å². The molecule has 2 fully saturated rings. The number of anilines is 1. The van der Waals surface area contributed by atoms with Crippen LogP contribution in [0.5, 0.6) is 11.5 Å². The molecule has 0 unspecified atom stereocenters. The highest BCUT2D eigenvalue weighted by atomic mass is 16.5. The third-order valence-corrected chi connectivity index (χ3v) is 8.18. The molecule has 1 spiro atoms. The summed E-state index contributed by atoms with van der Waals surface area (Å²) in [6.45, 7) is 4.00. The van der Waals surface area contributed by atoms with Gasteiger partial charge in [0.05, 0.1) is 26.3 Å². The van der Waals surface area contributed by atoms with Crippen molar-refractivity contribution in [3.8, 4) is 11.5 Å². The summed E-state index contributed by atoms with van der Waals surface area (Å²) in [4.78, 5) is 54.3. The van der Waals surface area contributed by atoms with Gasteiger partial charge in [-0.2, -0.15) is 0 Å². The highest BCUT2D eigenvalue weighted by Crippen LogP contribution is 2.50. The average molecular weight is 508 g/mol. The van der Waals surface area contributed by atoms with E-state index in [-0.39, 0.29) is 24.8 Å². The fraction of sp³-hybridized carbons (Fsp3) is 0.407. The zero-order chi connectivity index (χ0) is 26.6.